The highest BCUT2D eigenvalue weighted by molar-refractivity contribution is 5.82. The highest BCUT2D eigenvalue weighted by atomic mass is 16.2. The van der Waals surface area contributed by atoms with E-state index in [1.54, 1.807) is 4.90 Å². The van der Waals surface area contributed by atoms with Gasteiger partial charge >= 0.3 is 0 Å². The Morgan fingerprint density at radius 2 is 1.79 bits per heavy atom. The first-order valence-corrected chi connectivity index (χ1v) is 8.97. The molecule has 24 heavy (non-hydrogen) atoms. The Labute approximate surface area is 144 Å². The first-order chi connectivity index (χ1) is 11.3. The van der Waals surface area contributed by atoms with Crippen molar-refractivity contribution in [3.05, 3.63) is 17.1 Å². The Balaban J connectivity index is 1.90. The van der Waals surface area contributed by atoms with Crippen molar-refractivity contribution in [3.8, 4) is 0 Å². The average Bonchev–Trinajstić information content (AvgIpc) is 2.53. The Morgan fingerprint density at radius 3 is 2.42 bits per heavy atom. The largest absolute Gasteiger partial charge is 0.345 e. The van der Waals surface area contributed by atoms with Crippen LogP contribution in [0.2, 0.25) is 0 Å². The molecule has 0 aliphatic carbocycles. The number of aryl methyl sites for hydroxylation is 1. The molecule has 1 saturated heterocycles. The Bertz CT molecular complexity index is 629. The number of piperazine rings is 1. The summed E-state index contributed by atoms with van der Waals surface area (Å²) in [6.07, 6.45) is 0.826. The second-order valence-electron chi connectivity index (χ2n) is 8.19. The molecule has 6 heteroatoms. The number of carbonyl (C=O) groups excluding carboxylic acids is 1. The topological polar surface area (TPSA) is 53.8 Å². The van der Waals surface area contributed by atoms with Crippen LogP contribution in [0.25, 0.3) is 0 Å². The van der Waals surface area contributed by atoms with Crippen molar-refractivity contribution in [1.82, 2.24) is 14.9 Å². The van der Waals surface area contributed by atoms with Crippen LogP contribution in [0.15, 0.2) is 0 Å². The highest BCUT2D eigenvalue weighted by Gasteiger charge is 2.33. The van der Waals surface area contributed by atoms with Gasteiger partial charge in [-0.2, -0.15) is 0 Å². The summed E-state index contributed by atoms with van der Waals surface area (Å²) in [7, 11) is 2.24. The maximum Gasteiger partial charge on any atom is 0.228 e. The van der Waals surface area contributed by atoms with Crippen molar-refractivity contribution in [2.24, 2.45) is 5.41 Å². The number of carbonyl (C=O) groups is 1. The van der Waals surface area contributed by atoms with Crippen molar-refractivity contribution in [3.63, 3.8) is 0 Å². The van der Waals surface area contributed by atoms with Crippen LogP contribution < -0.4 is 9.80 Å². The molecule has 0 aromatic carbocycles. The normalized spacial score (nSPS) is 19.4. The zero-order valence-corrected chi connectivity index (χ0v) is 15.6. The van der Waals surface area contributed by atoms with Gasteiger partial charge in [0.2, 0.25) is 5.91 Å². The Hall–Kier alpha value is -1.69. The van der Waals surface area contributed by atoms with Crippen molar-refractivity contribution in [2.75, 3.05) is 44.7 Å². The maximum absolute atomic E-state index is 12.7. The van der Waals surface area contributed by atoms with Gasteiger partial charge in [-0.05, 0) is 6.92 Å². The van der Waals surface area contributed by atoms with E-state index < -0.39 is 0 Å². The molecule has 2 aliphatic heterocycles. The minimum Gasteiger partial charge on any atom is -0.345 e. The minimum absolute atomic E-state index is 0.211. The van der Waals surface area contributed by atoms with E-state index in [-0.39, 0.29) is 11.3 Å². The molecule has 1 aromatic heterocycles. The quantitative estimate of drug-likeness (QED) is 0.790. The summed E-state index contributed by atoms with van der Waals surface area (Å²) in [4.78, 5) is 28.0. The number of nitrogens with one attached hydrogen (secondary N) is 1. The van der Waals surface area contributed by atoms with Gasteiger partial charge in [0.15, 0.2) is 0 Å². The molecule has 3 rings (SSSR count). The Morgan fingerprint density at radius 1 is 1.12 bits per heavy atom. The molecule has 0 saturated carbocycles. The van der Waals surface area contributed by atoms with Gasteiger partial charge in [0.25, 0.3) is 0 Å². The average molecular weight is 332 g/mol. The van der Waals surface area contributed by atoms with Crippen molar-refractivity contribution < 1.29 is 9.69 Å². The number of anilines is 1. The number of aromatic nitrogens is 2. The third-order valence-corrected chi connectivity index (χ3v) is 5.00. The highest BCUT2D eigenvalue weighted by Crippen LogP contribution is 2.29. The molecule has 1 N–H and O–H groups in total. The van der Waals surface area contributed by atoms with Gasteiger partial charge in [-0.1, -0.05) is 20.8 Å². The summed E-state index contributed by atoms with van der Waals surface area (Å²) in [5.41, 5.74) is 1.94. The summed E-state index contributed by atoms with van der Waals surface area (Å²) in [6.45, 7) is 13.6. The zero-order valence-electron chi connectivity index (χ0n) is 15.6. The van der Waals surface area contributed by atoms with Crippen molar-refractivity contribution >= 4 is 11.7 Å². The van der Waals surface area contributed by atoms with Gasteiger partial charge < -0.3 is 14.7 Å². The number of quaternary nitrogens is 1. The predicted octanol–water partition coefficient (Wildman–Crippen LogP) is 0.0505. The third kappa shape index (κ3) is 3.38. The lowest BCUT2D eigenvalue weighted by atomic mass is 9.93. The molecular formula is C18H30N5O+. The van der Waals surface area contributed by atoms with Gasteiger partial charge in [0.05, 0.1) is 45.5 Å². The first kappa shape index (κ1) is 17.1. The molecule has 1 aromatic rings. The van der Waals surface area contributed by atoms with Crippen LogP contribution in [0.3, 0.4) is 0 Å². The molecule has 1 amide bonds. The van der Waals surface area contributed by atoms with E-state index in [1.807, 2.05) is 32.6 Å². The summed E-state index contributed by atoms with van der Waals surface area (Å²) in [5, 5.41) is 0. The van der Waals surface area contributed by atoms with E-state index in [1.165, 1.54) is 0 Å². The fourth-order valence-electron chi connectivity index (χ4n) is 3.53. The van der Waals surface area contributed by atoms with E-state index in [9.17, 15) is 4.79 Å². The molecule has 0 atom stereocenters. The summed E-state index contributed by atoms with van der Waals surface area (Å²) in [6, 6.07) is 0. The van der Waals surface area contributed by atoms with Crippen molar-refractivity contribution in [1.29, 1.82) is 0 Å². The van der Waals surface area contributed by atoms with Gasteiger partial charge in [0, 0.05) is 23.9 Å². The second-order valence-corrected chi connectivity index (χ2v) is 8.19. The van der Waals surface area contributed by atoms with Crippen LogP contribution in [-0.2, 0) is 17.8 Å². The summed E-state index contributed by atoms with van der Waals surface area (Å²) < 4.78 is 0. The number of amides is 1. The fraction of sp³-hybridized carbons (Fsp3) is 0.722. The lowest BCUT2D eigenvalue weighted by Gasteiger charge is -2.37. The van der Waals surface area contributed by atoms with Gasteiger partial charge in [-0.15, -0.1) is 0 Å². The van der Waals surface area contributed by atoms with Crippen LogP contribution in [-0.4, -0.2) is 60.5 Å². The van der Waals surface area contributed by atoms with Crippen LogP contribution in [0.5, 0.6) is 0 Å². The SMILES string of the molecule is Cc1nc2c(c(N3CC[NH+](C)CC3)n1)CN(C(=O)C(C)(C)C)CC2. The van der Waals surface area contributed by atoms with E-state index in [0.29, 0.717) is 6.54 Å². The molecular weight excluding hydrogens is 302 g/mol. The van der Waals surface area contributed by atoms with Gasteiger partial charge in [-0.3, -0.25) is 4.79 Å². The number of hydrogen-bond donors (Lipinski definition) is 1. The molecule has 2 aliphatic rings. The van der Waals surface area contributed by atoms with Crippen LogP contribution >= 0.6 is 0 Å². The lowest BCUT2D eigenvalue weighted by Crippen LogP contribution is -3.12. The van der Waals surface area contributed by atoms with E-state index >= 15 is 0 Å². The fourth-order valence-corrected chi connectivity index (χ4v) is 3.53. The second kappa shape index (κ2) is 6.31. The molecule has 132 valence electrons. The van der Waals surface area contributed by atoms with Crippen LogP contribution in [0.4, 0.5) is 5.82 Å². The van der Waals surface area contributed by atoms with E-state index in [2.05, 4.69) is 16.9 Å². The number of nitrogens with zero attached hydrogens (tertiary/aromatic N) is 4. The van der Waals surface area contributed by atoms with Crippen molar-refractivity contribution in [2.45, 2.75) is 40.7 Å². The number of fused-ring (bicyclic) bond motifs is 1. The summed E-state index contributed by atoms with van der Waals surface area (Å²) in [5.74, 6) is 2.10. The monoisotopic (exact) mass is 332 g/mol. The van der Waals surface area contributed by atoms with Crippen LogP contribution in [0, 0.1) is 12.3 Å². The number of likely N-dealkylation sites (N-methyl/N-ethyl adjacent to an activating group) is 1. The van der Waals surface area contributed by atoms with E-state index in [0.717, 1.165) is 62.0 Å². The Kier molecular flexibility index (Phi) is 4.51. The molecule has 0 bridgehead atoms. The standard InChI is InChI=1S/C18H29N5O/c1-13-19-15-6-7-23(17(24)18(2,3)4)12-14(15)16(20-13)22-10-8-21(5)9-11-22/h6-12H2,1-5H3/p+1. The van der Waals surface area contributed by atoms with E-state index in [4.69, 9.17) is 4.98 Å². The smallest absolute Gasteiger partial charge is 0.228 e. The van der Waals surface area contributed by atoms with Gasteiger partial charge in [0.1, 0.15) is 11.6 Å². The molecule has 6 nitrogen and oxygen atoms in total. The number of hydrogen-bond acceptors (Lipinski definition) is 4. The zero-order chi connectivity index (χ0) is 17.5. The lowest BCUT2D eigenvalue weighted by molar-refractivity contribution is -0.880. The number of rotatable bonds is 1. The van der Waals surface area contributed by atoms with Gasteiger partial charge in [-0.25, -0.2) is 9.97 Å². The first-order valence-electron chi connectivity index (χ1n) is 8.97. The minimum atomic E-state index is -0.347. The predicted molar refractivity (Wildman–Crippen MR) is 94.2 cm³/mol. The molecule has 0 radical (unpaired) electrons. The maximum atomic E-state index is 12.7. The summed E-state index contributed by atoms with van der Waals surface area (Å²) >= 11 is 0. The molecule has 0 unspecified atom stereocenters. The molecule has 0 spiro atoms. The third-order valence-electron chi connectivity index (χ3n) is 5.00. The molecule has 1 fully saturated rings. The molecule has 3 heterocycles. The van der Waals surface area contributed by atoms with Crippen LogP contribution in [0.1, 0.15) is 37.9 Å².